The molecule has 1 saturated heterocycles. The Morgan fingerprint density at radius 2 is 1.88 bits per heavy atom. The summed E-state index contributed by atoms with van der Waals surface area (Å²) in [7, 11) is -1.94. The summed E-state index contributed by atoms with van der Waals surface area (Å²) in [4.78, 5) is 13.9. The van der Waals surface area contributed by atoms with Crippen molar-refractivity contribution < 1.29 is 13.9 Å². The molecule has 0 spiro atoms. The number of nitrogens with zero attached hydrogens (tertiary/aromatic N) is 4. The Labute approximate surface area is 191 Å². The highest BCUT2D eigenvalue weighted by Gasteiger charge is 2.38. The van der Waals surface area contributed by atoms with Crippen LogP contribution in [0, 0.1) is 0 Å². The van der Waals surface area contributed by atoms with Crippen LogP contribution in [0.25, 0.3) is 11.2 Å². The van der Waals surface area contributed by atoms with Crippen LogP contribution in [-0.4, -0.2) is 34.4 Å². The monoisotopic (exact) mass is 454 g/mol. The first-order valence-corrected chi connectivity index (χ1v) is 14.3. The van der Waals surface area contributed by atoms with Crippen LogP contribution in [0.15, 0.2) is 36.7 Å². The maximum absolute atomic E-state index is 6.52. The van der Waals surface area contributed by atoms with Crippen LogP contribution in [0.5, 0.6) is 5.88 Å². The lowest BCUT2D eigenvalue weighted by atomic mass is 10.2. The predicted molar refractivity (Wildman–Crippen MR) is 127 cm³/mol. The van der Waals surface area contributed by atoms with Gasteiger partial charge < -0.3 is 13.9 Å². The summed E-state index contributed by atoms with van der Waals surface area (Å²) in [5, 5.41) is 0.120. The first-order chi connectivity index (χ1) is 15.3. The minimum atomic E-state index is -1.94. The average molecular weight is 455 g/mol. The Bertz CT molecular complexity index is 1040. The maximum Gasteiger partial charge on any atom is 0.245 e. The average Bonchev–Trinajstić information content (AvgIpc) is 3.16. The molecule has 1 fully saturated rings. The molecule has 172 valence electrons. The van der Waals surface area contributed by atoms with E-state index < -0.39 is 8.32 Å². The SMILES string of the molecule is CC(C)(C)[Si](C)(C)OCc1nc2c(OCc3ccccc3)ncnc2n1C1CCCCO1. The molecule has 4 rings (SSSR count). The molecule has 8 heteroatoms. The number of rotatable bonds is 7. The van der Waals surface area contributed by atoms with Gasteiger partial charge in [-0.15, -0.1) is 0 Å². The number of fused-ring (bicyclic) bond motifs is 1. The zero-order chi connectivity index (χ0) is 22.8. The number of imidazole rings is 1. The fraction of sp³-hybridized carbons (Fsp3) is 0.542. The van der Waals surface area contributed by atoms with Crippen molar-refractivity contribution in [1.82, 2.24) is 19.5 Å². The highest BCUT2D eigenvalue weighted by molar-refractivity contribution is 6.74. The van der Waals surface area contributed by atoms with E-state index in [1.807, 2.05) is 30.3 Å². The first kappa shape index (κ1) is 22.9. The second-order valence-electron chi connectivity index (χ2n) is 9.89. The minimum Gasteiger partial charge on any atom is -0.471 e. The molecule has 0 saturated carbocycles. The molecule has 7 nitrogen and oxygen atoms in total. The van der Waals surface area contributed by atoms with Crippen molar-refractivity contribution in [3.63, 3.8) is 0 Å². The molecule has 1 atom stereocenters. The summed E-state index contributed by atoms with van der Waals surface area (Å²) in [5.41, 5.74) is 2.48. The lowest BCUT2D eigenvalue weighted by Crippen LogP contribution is -2.40. The summed E-state index contributed by atoms with van der Waals surface area (Å²) in [6.07, 6.45) is 4.59. The van der Waals surface area contributed by atoms with Gasteiger partial charge in [0.25, 0.3) is 0 Å². The number of hydrogen-bond acceptors (Lipinski definition) is 6. The Morgan fingerprint density at radius 3 is 2.56 bits per heavy atom. The number of benzene rings is 1. The number of ether oxygens (including phenoxy) is 2. The van der Waals surface area contributed by atoms with E-state index in [1.165, 1.54) is 0 Å². The topological polar surface area (TPSA) is 71.3 Å². The molecule has 3 aromatic rings. The predicted octanol–water partition coefficient (Wildman–Crippen LogP) is 5.63. The van der Waals surface area contributed by atoms with Crippen LogP contribution in [0.3, 0.4) is 0 Å². The summed E-state index contributed by atoms with van der Waals surface area (Å²) in [6.45, 7) is 12.8. The van der Waals surface area contributed by atoms with Gasteiger partial charge in [-0.25, -0.2) is 9.97 Å². The first-order valence-electron chi connectivity index (χ1n) is 11.4. The van der Waals surface area contributed by atoms with Crippen molar-refractivity contribution in [1.29, 1.82) is 0 Å². The molecule has 0 bridgehead atoms. The lowest BCUT2D eigenvalue weighted by Gasteiger charge is -2.36. The Hall–Kier alpha value is -2.29. The van der Waals surface area contributed by atoms with Gasteiger partial charge in [-0.2, -0.15) is 4.98 Å². The van der Waals surface area contributed by atoms with Gasteiger partial charge in [0.2, 0.25) is 5.88 Å². The summed E-state index contributed by atoms with van der Waals surface area (Å²) >= 11 is 0. The van der Waals surface area contributed by atoms with Crippen LogP contribution in [0.2, 0.25) is 18.1 Å². The largest absolute Gasteiger partial charge is 0.471 e. The maximum atomic E-state index is 6.52. The molecule has 1 aliphatic rings. The number of aromatic nitrogens is 4. The normalized spacial score (nSPS) is 17.6. The van der Waals surface area contributed by atoms with Crippen molar-refractivity contribution in [3.8, 4) is 5.88 Å². The minimum absolute atomic E-state index is 0.0939. The molecule has 0 amide bonds. The standard InChI is InChI=1S/C24H34N4O3Si/c1-24(2,3)32(4,5)31-16-19-27-21-22(28(19)20-13-9-10-14-29-20)25-17-26-23(21)30-15-18-11-7-6-8-12-18/h6-8,11-12,17,20H,9-10,13-16H2,1-5H3. The molecule has 1 aromatic carbocycles. The van der Waals surface area contributed by atoms with E-state index in [2.05, 4.69) is 48.4 Å². The van der Waals surface area contributed by atoms with Crippen molar-refractivity contribution in [2.75, 3.05) is 6.61 Å². The molecular formula is C24H34N4O3Si. The van der Waals surface area contributed by atoms with Crippen LogP contribution < -0.4 is 4.74 Å². The van der Waals surface area contributed by atoms with E-state index >= 15 is 0 Å². The quantitative estimate of drug-likeness (QED) is 0.431. The van der Waals surface area contributed by atoms with Crippen LogP contribution in [0.1, 0.15) is 57.6 Å². The van der Waals surface area contributed by atoms with Gasteiger partial charge in [-0.1, -0.05) is 51.1 Å². The molecule has 1 aliphatic heterocycles. The van der Waals surface area contributed by atoms with E-state index in [-0.39, 0.29) is 11.3 Å². The van der Waals surface area contributed by atoms with Crippen LogP contribution in [-0.2, 0) is 22.4 Å². The van der Waals surface area contributed by atoms with Crippen molar-refractivity contribution in [3.05, 3.63) is 48.0 Å². The van der Waals surface area contributed by atoms with Gasteiger partial charge in [0.1, 0.15) is 25.0 Å². The van der Waals surface area contributed by atoms with E-state index in [0.29, 0.717) is 24.6 Å². The summed E-state index contributed by atoms with van der Waals surface area (Å²) in [5.74, 6) is 1.31. The molecule has 3 heterocycles. The second-order valence-corrected chi connectivity index (χ2v) is 14.7. The smallest absolute Gasteiger partial charge is 0.245 e. The second kappa shape index (κ2) is 9.29. The van der Waals surface area contributed by atoms with Gasteiger partial charge >= 0.3 is 0 Å². The van der Waals surface area contributed by atoms with Crippen molar-refractivity contribution in [2.24, 2.45) is 0 Å². The van der Waals surface area contributed by atoms with Gasteiger partial charge in [-0.05, 0) is 43.0 Å². The molecule has 2 aromatic heterocycles. The Kier molecular flexibility index (Phi) is 6.64. The highest BCUT2D eigenvalue weighted by Crippen LogP contribution is 2.38. The zero-order valence-electron chi connectivity index (χ0n) is 19.8. The van der Waals surface area contributed by atoms with Crippen LogP contribution >= 0.6 is 0 Å². The Balaban J connectivity index is 1.67. The van der Waals surface area contributed by atoms with E-state index in [0.717, 1.165) is 42.9 Å². The zero-order valence-corrected chi connectivity index (χ0v) is 20.8. The summed E-state index contributed by atoms with van der Waals surface area (Å²) in [6, 6.07) is 10.1. The van der Waals surface area contributed by atoms with Gasteiger partial charge in [0.15, 0.2) is 19.5 Å². The molecule has 1 unspecified atom stereocenters. The lowest BCUT2D eigenvalue weighted by molar-refractivity contribution is -0.0327. The summed E-state index contributed by atoms with van der Waals surface area (Å²) < 4.78 is 20.8. The molecule has 0 radical (unpaired) electrons. The highest BCUT2D eigenvalue weighted by atomic mass is 28.4. The van der Waals surface area contributed by atoms with Crippen LogP contribution in [0.4, 0.5) is 0 Å². The van der Waals surface area contributed by atoms with Gasteiger partial charge in [0.05, 0.1) is 6.61 Å². The van der Waals surface area contributed by atoms with Crippen molar-refractivity contribution in [2.45, 2.75) is 77.6 Å². The van der Waals surface area contributed by atoms with E-state index in [1.54, 1.807) is 6.33 Å². The van der Waals surface area contributed by atoms with Gasteiger partial charge in [-0.3, -0.25) is 4.57 Å². The molecule has 0 N–H and O–H groups in total. The van der Waals surface area contributed by atoms with E-state index in [9.17, 15) is 0 Å². The fourth-order valence-corrected chi connectivity index (χ4v) is 4.48. The van der Waals surface area contributed by atoms with Crippen molar-refractivity contribution >= 4 is 19.5 Å². The molecule has 32 heavy (non-hydrogen) atoms. The molecule has 0 aliphatic carbocycles. The third-order valence-electron chi connectivity index (χ3n) is 6.55. The van der Waals surface area contributed by atoms with Gasteiger partial charge in [0, 0.05) is 6.61 Å². The van der Waals surface area contributed by atoms with E-state index in [4.69, 9.17) is 18.9 Å². The third-order valence-corrected chi connectivity index (χ3v) is 11.0. The third kappa shape index (κ3) is 4.87. The fourth-order valence-electron chi connectivity index (χ4n) is 3.56. The molecular weight excluding hydrogens is 420 g/mol. The Morgan fingerprint density at radius 1 is 1.09 bits per heavy atom. The number of hydrogen-bond donors (Lipinski definition) is 0.